The van der Waals surface area contributed by atoms with Gasteiger partial charge in [-0.25, -0.2) is 0 Å². The van der Waals surface area contributed by atoms with Crippen molar-refractivity contribution in [1.29, 1.82) is 0 Å². The Labute approximate surface area is 125 Å². The van der Waals surface area contributed by atoms with E-state index in [1.807, 2.05) is 30.0 Å². The zero-order valence-corrected chi connectivity index (χ0v) is 12.9. The molecule has 1 aromatic carbocycles. The first-order valence-electron chi connectivity index (χ1n) is 7.17. The molecule has 0 saturated carbocycles. The smallest absolute Gasteiger partial charge is 0.219 e. The van der Waals surface area contributed by atoms with Crippen LogP contribution in [-0.4, -0.2) is 61.3 Å². The van der Waals surface area contributed by atoms with Crippen LogP contribution in [0.5, 0.6) is 5.75 Å². The van der Waals surface area contributed by atoms with Gasteiger partial charge in [0.1, 0.15) is 5.75 Å². The summed E-state index contributed by atoms with van der Waals surface area (Å²) in [6.45, 7) is 6.77. The third-order valence-electron chi connectivity index (χ3n) is 3.84. The molecule has 0 aliphatic carbocycles. The number of rotatable bonds is 4. The Bertz CT molecular complexity index is 534. The SMILES string of the molecule is COc1cc(C)ccc1C(=O)CN1CCN(C(C)=O)CC1. The highest BCUT2D eigenvalue weighted by Gasteiger charge is 2.22. The average molecular weight is 290 g/mol. The van der Waals surface area contributed by atoms with Gasteiger partial charge in [0.25, 0.3) is 0 Å². The molecule has 1 aromatic rings. The number of ketones is 1. The van der Waals surface area contributed by atoms with Crippen LogP contribution >= 0.6 is 0 Å². The molecule has 0 spiro atoms. The Morgan fingerprint density at radius 1 is 1.19 bits per heavy atom. The predicted molar refractivity (Wildman–Crippen MR) is 80.8 cm³/mol. The molecule has 1 aliphatic heterocycles. The largest absolute Gasteiger partial charge is 0.496 e. The van der Waals surface area contributed by atoms with Crippen LogP contribution in [0.2, 0.25) is 0 Å². The lowest BCUT2D eigenvalue weighted by molar-refractivity contribution is -0.130. The summed E-state index contributed by atoms with van der Waals surface area (Å²) >= 11 is 0. The molecule has 0 bridgehead atoms. The maximum Gasteiger partial charge on any atom is 0.219 e. The van der Waals surface area contributed by atoms with Crippen molar-refractivity contribution in [2.75, 3.05) is 39.8 Å². The number of carbonyl (C=O) groups excluding carboxylic acids is 2. The van der Waals surface area contributed by atoms with E-state index in [1.165, 1.54) is 0 Å². The molecule has 0 radical (unpaired) electrons. The van der Waals surface area contributed by atoms with Gasteiger partial charge in [0, 0.05) is 33.1 Å². The molecule has 1 amide bonds. The summed E-state index contributed by atoms with van der Waals surface area (Å²) in [7, 11) is 1.58. The molecule has 2 rings (SSSR count). The minimum absolute atomic E-state index is 0.0584. The Morgan fingerprint density at radius 2 is 1.86 bits per heavy atom. The van der Waals surface area contributed by atoms with E-state index in [1.54, 1.807) is 14.0 Å². The highest BCUT2D eigenvalue weighted by Crippen LogP contribution is 2.21. The Hall–Kier alpha value is -1.88. The molecular formula is C16H22N2O3. The average Bonchev–Trinajstić information content (AvgIpc) is 2.47. The van der Waals surface area contributed by atoms with Crippen LogP contribution in [0.3, 0.4) is 0 Å². The monoisotopic (exact) mass is 290 g/mol. The summed E-state index contributed by atoms with van der Waals surface area (Å²) in [6.07, 6.45) is 0. The Balaban J connectivity index is 1.98. The summed E-state index contributed by atoms with van der Waals surface area (Å²) in [5, 5.41) is 0. The maximum absolute atomic E-state index is 12.4. The van der Waals surface area contributed by atoms with Crippen molar-refractivity contribution in [3.05, 3.63) is 29.3 Å². The minimum atomic E-state index is 0.0584. The second-order valence-electron chi connectivity index (χ2n) is 5.41. The Kier molecular flexibility index (Phi) is 4.96. The fourth-order valence-corrected chi connectivity index (χ4v) is 2.54. The molecule has 1 fully saturated rings. The number of methoxy groups -OCH3 is 1. The van der Waals surface area contributed by atoms with E-state index in [9.17, 15) is 9.59 Å². The number of amides is 1. The summed E-state index contributed by atoms with van der Waals surface area (Å²) in [6, 6.07) is 5.62. The molecule has 114 valence electrons. The van der Waals surface area contributed by atoms with E-state index >= 15 is 0 Å². The lowest BCUT2D eigenvalue weighted by Gasteiger charge is -2.33. The second kappa shape index (κ2) is 6.72. The molecule has 21 heavy (non-hydrogen) atoms. The van der Waals surface area contributed by atoms with Crippen LogP contribution in [0, 0.1) is 6.92 Å². The van der Waals surface area contributed by atoms with E-state index < -0.39 is 0 Å². The fraction of sp³-hybridized carbons (Fsp3) is 0.500. The highest BCUT2D eigenvalue weighted by molar-refractivity contribution is 6.00. The van der Waals surface area contributed by atoms with E-state index in [4.69, 9.17) is 4.74 Å². The number of nitrogens with zero attached hydrogens (tertiary/aromatic N) is 2. The third kappa shape index (κ3) is 3.82. The van der Waals surface area contributed by atoms with E-state index in [2.05, 4.69) is 4.90 Å². The van der Waals surface area contributed by atoms with E-state index in [-0.39, 0.29) is 11.7 Å². The standard InChI is InChI=1S/C16H22N2O3/c1-12-4-5-14(16(10-12)21-3)15(20)11-17-6-8-18(9-7-17)13(2)19/h4-5,10H,6-9,11H2,1-3H3. The number of piperazine rings is 1. The summed E-state index contributed by atoms with van der Waals surface area (Å²) in [4.78, 5) is 27.6. The van der Waals surface area contributed by atoms with Gasteiger partial charge in [-0.15, -0.1) is 0 Å². The quantitative estimate of drug-likeness (QED) is 0.786. The number of hydrogen-bond donors (Lipinski definition) is 0. The molecule has 5 nitrogen and oxygen atoms in total. The van der Waals surface area contributed by atoms with E-state index in [0.29, 0.717) is 30.9 Å². The van der Waals surface area contributed by atoms with Gasteiger partial charge in [0.15, 0.2) is 5.78 Å². The van der Waals surface area contributed by atoms with Crippen molar-refractivity contribution in [2.45, 2.75) is 13.8 Å². The van der Waals surface area contributed by atoms with Gasteiger partial charge in [-0.3, -0.25) is 14.5 Å². The van der Waals surface area contributed by atoms with Crippen molar-refractivity contribution >= 4 is 11.7 Å². The molecule has 1 aliphatic rings. The zero-order valence-electron chi connectivity index (χ0n) is 12.9. The third-order valence-corrected chi connectivity index (χ3v) is 3.84. The van der Waals surface area contributed by atoms with Gasteiger partial charge in [0.2, 0.25) is 5.91 Å². The number of ether oxygens (including phenoxy) is 1. The molecular weight excluding hydrogens is 268 g/mol. The van der Waals surface area contributed by atoms with Crippen molar-refractivity contribution in [3.8, 4) is 5.75 Å². The van der Waals surface area contributed by atoms with Crippen LogP contribution in [0.4, 0.5) is 0 Å². The molecule has 0 unspecified atom stereocenters. The first kappa shape index (κ1) is 15.5. The molecule has 1 saturated heterocycles. The first-order chi connectivity index (χ1) is 10.0. The summed E-state index contributed by atoms with van der Waals surface area (Å²) in [5.74, 6) is 0.784. The molecule has 0 aromatic heterocycles. The number of aryl methyl sites for hydroxylation is 1. The van der Waals surface area contributed by atoms with Crippen molar-refractivity contribution in [2.24, 2.45) is 0 Å². The first-order valence-corrected chi connectivity index (χ1v) is 7.17. The topological polar surface area (TPSA) is 49.9 Å². The number of Topliss-reactive ketones (excluding diaryl/α,β-unsaturated/α-hetero) is 1. The van der Waals surface area contributed by atoms with Gasteiger partial charge in [-0.2, -0.15) is 0 Å². The summed E-state index contributed by atoms with van der Waals surface area (Å²) < 4.78 is 5.29. The fourth-order valence-electron chi connectivity index (χ4n) is 2.54. The van der Waals surface area contributed by atoms with Gasteiger partial charge >= 0.3 is 0 Å². The normalized spacial score (nSPS) is 15.9. The van der Waals surface area contributed by atoms with Crippen LogP contribution in [-0.2, 0) is 4.79 Å². The van der Waals surface area contributed by atoms with Crippen molar-refractivity contribution < 1.29 is 14.3 Å². The molecule has 0 atom stereocenters. The lowest BCUT2D eigenvalue weighted by atomic mass is 10.1. The van der Waals surface area contributed by atoms with Crippen LogP contribution < -0.4 is 4.74 Å². The highest BCUT2D eigenvalue weighted by atomic mass is 16.5. The number of hydrogen-bond acceptors (Lipinski definition) is 4. The second-order valence-corrected chi connectivity index (χ2v) is 5.41. The van der Waals surface area contributed by atoms with Crippen LogP contribution in [0.15, 0.2) is 18.2 Å². The molecule has 5 heteroatoms. The zero-order chi connectivity index (χ0) is 15.4. The Morgan fingerprint density at radius 3 is 2.43 bits per heavy atom. The van der Waals surface area contributed by atoms with Crippen molar-refractivity contribution in [3.63, 3.8) is 0 Å². The van der Waals surface area contributed by atoms with Gasteiger partial charge in [-0.05, 0) is 24.6 Å². The van der Waals surface area contributed by atoms with E-state index in [0.717, 1.165) is 18.7 Å². The summed E-state index contributed by atoms with van der Waals surface area (Å²) in [5.41, 5.74) is 1.69. The number of carbonyl (C=O) groups is 2. The lowest BCUT2D eigenvalue weighted by Crippen LogP contribution is -2.49. The molecule has 0 N–H and O–H groups in total. The van der Waals surface area contributed by atoms with Gasteiger partial charge in [-0.1, -0.05) is 6.07 Å². The predicted octanol–water partition coefficient (Wildman–Crippen LogP) is 1.35. The van der Waals surface area contributed by atoms with Gasteiger partial charge in [0.05, 0.1) is 19.2 Å². The van der Waals surface area contributed by atoms with Crippen LogP contribution in [0.25, 0.3) is 0 Å². The van der Waals surface area contributed by atoms with Crippen LogP contribution in [0.1, 0.15) is 22.8 Å². The minimum Gasteiger partial charge on any atom is -0.496 e. The molecule has 1 heterocycles. The number of benzene rings is 1. The van der Waals surface area contributed by atoms with Gasteiger partial charge < -0.3 is 9.64 Å². The maximum atomic E-state index is 12.4. The van der Waals surface area contributed by atoms with Crippen molar-refractivity contribution in [1.82, 2.24) is 9.80 Å².